The quantitative estimate of drug-likeness (QED) is 0.910. The van der Waals surface area contributed by atoms with Crippen molar-refractivity contribution in [1.29, 1.82) is 0 Å². The van der Waals surface area contributed by atoms with Crippen molar-refractivity contribution in [3.63, 3.8) is 0 Å². The molecule has 1 aliphatic carbocycles. The van der Waals surface area contributed by atoms with E-state index in [0.717, 1.165) is 6.08 Å². The Labute approximate surface area is 135 Å². The van der Waals surface area contributed by atoms with Crippen LogP contribution in [-0.2, 0) is 0 Å². The maximum absolute atomic E-state index is 13.3. The van der Waals surface area contributed by atoms with Crippen molar-refractivity contribution < 1.29 is 23.4 Å². The van der Waals surface area contributed by atoms with Gasteiger partial charge in [-0.3, -0.25) is 0 Å². The molecule has 0 bridgehead atoms. The highest BCUT2D eigenvalue weighted by Gasteiger charge is 2.28. The van der Waals surface area contributed by atoms with E-state index in [1.165, 1.54) is 35.3 Å². The summed E-state index contributed by atoms with van der Waals surface area (Å²) in [6, 6.07) is 4.25. The van der Waals surface area contributed by atoms with E-state index in [1.54, 1.807) is 12.1 Å². The Morgan fingerprint density at radius 2 is 2.21 bits per heavy atom. The lowest BCUT2D eigenvalue weighted by atomic mass is 10.0. The number of hydrogen-bond donors (Lipinski definition) is 1. The molecule has 0 saturated heterocycles. The molecule has 0 unspecified atom stereocenters. The van der Waals surface area contributed by atoms with E-state index in [2.05, 4.69) is 10.1 Å². The minimum Gasteiger partial charge on any atom is -0.478 e. The van der Waals surface area contributed by atoms with E-state index in [-0.39, 0.29) is 23.9 Å². The summed E-state index contributed by atoms with van der Waals surface area (Å²) in [5.74, 6) is -3.42. The van der Waals surface area contributed by atoms with Gasteiger partial charge in [0.15, 0.2) is 5.82 Å². The van der Waals surface area contributed by atoms with Crippen LogP contribution in [0.3, 0.4) is 0 Å². The monoisotopic (exact) mass is 333 g/mol. The SMILES string of the molecule is O=C(O)c1ccnc(-n2nccc2OCC2=CC=CC(F)(F)C2)c1. The largest absolute Gasteiger partial charge is 0.478 e. The highest BCUT2D eigenvalue weighted by molar-refractivity contribution is 5.87. The molecule has 1 aliphatic rings. The zero-order valence-corrected chi connectivity index (χ0v) is 12.4. The second-order valence-corrected chi connectivity index (χ2v) is 5.20. The predicted octanol–water partition coefficient (Wildman–Crippen LogP) is 2.87. The number of pyridine rings is 1. The Morgan fingerprint density at radius 3 is 2.96 bits per heavy atom. The highest BCUT2D eigenvalue weighted by atomic mass is 19.3. The number of allylic oxidation sites excluding steroid dienone is 3. The average Bonchev–Trinajstić information content (AvgIpc) is 3.00. The topological polar surface area (TPSA) is 77.2 Å². The van der Waals surface area contributed by atoms with Gasteiger partial charge in [0.05, 0.1) is 11.8 Å². The molecule has 0 amide bonds. The standard InChI is InChI=1S/C16H13F2N3O3/c17-16(18)5-1-2-11(9-16)10-24-14-4-7-20-21(14)13-8-12(15(22)23)3-6-19-13/h1-8H,9-10H2,(H,22,23). The number of aromatic carboxylic acids is 1. The second-order valence-electron chi connectivity index (χ2n) is 5.20. The molecule has 3 rings (SSSR count). The Bertz CT molecular complexity index is 827. The molecule has 1 N–H and O–H groups in total. The van der Waals surface area contributed by atoms with Crippen LogP contribution in [0, 0.1) is 0 Å². The number of halogens is 2. The van der Waals surface area contributed by atoms with Gasteiger partial charge in [-0.2, -0.15) is 9.78 Å². The highest BCUT2D eigenvalue weighted by Crippen LogP contribution is 2.28. The fourth-order valence-corrected chi connectivity index (χ4v) is 2.25. The van der Waals surface area contributed by atoms with Crippen molar-refractivity contribution in [2.75, 3.05) is 6.61 Å². The van der Waals surface area contributed by atoms with Crippen molar-refractivity contribution in [3.05, 3.63) is 60.0 Å². The third-order valence-electron chi connectivity index (χ3n) is 3.36. The van der Waals surface area contributed by atoms with Crippen molar-refractivity contribution in [2.24, 2.45) is 0 Å². The fraction of sp³-hybridized carbons (Fsp3) is 0.188. The first kappa shape index (κ1) is 15.9. The molecule has 0 atom stereocenters. The van der Waals surface area contributed by atoms with Crippen LogP contribution in [0.1, 0.15) is 16.8 Å². The number of rotatable bonds is 5. The van der Waals surface area contributed by atoms with Gasteiger partial charge in [-0.15, -0.1) is 0 Å². The number of nitrogens with zero attached hydrogens (tertiary/aromatic N) is 3. The number of ether oxygens (including phenoxy) is 1. The molecule has 0 saturated carbocycles. The minimum atomic E-state index is -2.87. The first-order chi connectivity index (χ1) is 11.4. The van der Waals surface area contributed by atoms with Gasteiger partial charge in [0.1, 0.15) is 6.61 Å². The first-order valence-corrected chi connectivity index (χ1v) is 7.06. The Kier molecular flexibility index (Phi) is 4.11. The van der Waals surface area contributed by atoms with Crippen molar-refractivity contribution >= 4 is 5.97 Å². The number of hydrogen-bond acceptors (Lipinski definition) is 4. The number of carbonyl (C=O) groups is 1. The lowest BCUT2D eigenvalue weighted by Crippen LogP contribution is -2.19. The zero-order valence-electron chi connectivity index (χ0n) is 12.4. The molecule has 2 aromatic rings. The summed E-state index contributed by atoms with van der Waals surface area (Å²) in [6.45, 7) is -0.0236. The van der Waals surface area contributed by atoms with Crippen molar-refractivity contribution in [3.8, 4) is 11.7 Å². The predicted molar refractivity (Wildman–Crippen MR) is 80.6 cm³/mol. The van der Waals surface area contributed by atoms with Crippen LogP contribution >= 0.6 is 0 Å². The molecular weight excluding hydrogens is 320 g/mol. The normalized spacial score (nSPS) is 15.8. The van der Waals surface area contributed by atoms with E-state index < -0.39 is 18.3 Å². The molecule has 8 heteroatoms. The molecule has 0 aliphatic heterocycles. The van der Waals surface area contributed by atoms with Gasteiger partial charge >= 0.3 is 5.97 Å². The van der Waals surface area contributed by atoms with Crippen molar-refractivity contribution in [1.82, 2.24) is 14.8 Å². The van der Waals surface area contributed by atoms with Gasteiger partial charge in [0, 0.05) is 18.7 Å². The molecule has 0 radical (unpaired) electrons. The smallest absolute Gasteiger partial charge is 0.335 e. The molecule has 0 fully saturated rings. The summed E-state index contributed by atoms with van der Waals surface area (Å²) in [5.41, 5.74) is 0.503. The molecule has 124 valence electrons. The van der Waals surface area contributed by atoms with E-state index in [0.29, 0.717) is 5.57 Å². The lowest BCUT2D eigenvalue weighted by molar-refractivity contribution is 0.0516. The third-order valence-corrected chi connectivity index (χ3v) is 3.36. The van der Waals surface area contributed by atoms with Crippen LogP contribution < -0.4 is 4.74 Å². The Morgan fingerprint density at radius 1 is 1.38 bits per heavy atom. The van der Waals surface area contributed by atoms with Crippen LogP contribution in [-0.4, -0.2) is 38.4 Å². The van der Waals surface area contributed by atoms with Crippen LogP contribution in [0.4, 0.5) is 8.78 Å². The summed E-state index contributed by atoms with van der Waals surface area (Å²) < 4.78 is 33.5. The molecule has 0 spiro atoms. The Balaban J connectivity index is 1.77. The number of alkyl halides is 2. The third kappa shape index (κ3) is 3.48. The van der Waals surface area contributed by atoms with Crippen molar-refractivity contribution in [2.45, 2.75) is 12.3 Å². The maximum atomic E-state index is 13.3. The van der Waals surface area contributed by atoms with E-state index >= 15 is 0 Å². The molecule has 2 heterocycles. The summed E-state index contributed by atoms with van der Waals surface area (Å²) in [4.78, 5) is 15.1. The average molecular weight is 333 g/mol. The van der Waals surface area contributed by atoms with E-state index in [1.807, 2.05) is 0 Å². The molecule has 24 heavy (non-hydrogen) atoms. The number of aromatic nitrogens is 3. The summed E-state index contributed by atoms with van der Waals surface area (Å²) in [5, 5.41) is 13.1. The summed E-state index contributed by atoms with van der Waals surface area (Å²) in [6.07, 6.45) is 6.14. The lowest BCUT2D eigenvalue weighted by Gasteiger charge is -2.18. The summed E-state index contributed by atoms with van der Waals surface area (Å²) >= 11 is 0. The van der Waals surface area contributed by atoms with Gasteiger partial charge in [-0.1, -0.05) is 12.2 Å². The number of carboxylic acids is 1. The Hall–Kier alpha value is -3.03. The van der Waals surface area contributed by atoms with Crippen LogP contribution in [0.25, 0.3) is 5.82 Å². The maximum Gasteiger partial charge on any atom is 0.335 e. The van der Waals surface area contributed by atoms with Gasteiger partial charge < -0.3 is 9.84 Å². The van der Waals surface area contributed by atoms with Crippen LogP contribution in [0.15, 0.2) is 54.4 Å². The fourth-order valence-electron chi connectivity index (χ4n) is 2.25. The summed E-state index contributed by atoms with van der Waals surface area (Å²) in [7, 11) is 0. The second kappa shape index (κ2) is 6.23. The molecule has 0 aromatic carbocycles. The van der Waals surface area contributed by atoms with Gasteiger partial charge in [-0.25, -0.2) is 18.6 Å². The number of carboxylic acid groups (broad SMARTS) is 1. The van der Waals surface area contributed by atoms with Crippen LogP contribution in [0.2, 0.25) is 0 Å². The minimum absolute atomic E-state index is 0.0236. The zero-order chi connectivity index (χ0) is 17.2. The molecule has 6 nitrogen and oxygen atoms in total. The molecular formula is C16H13F2N3O3. The van der Waals surface area contributed by atoms with Gasteiger partial charge in [-0.05, 0) is 23.8 Å². The first-order valence-electron chi connectivity index (χ1n) is 7.06. The molecule has 2 aromatic heterocycles. The van der Waals surface area contributed by atoms with Crippen LogP contribution in [0.5, 0.6) is 5.88 Å². The van der Waals surface area contributed by atoms with E-state index in [9.17, 15) is 13.6 Å². The van der Waals surface area contributed by atoms with Gasteiger partial charge in [0.2, 0.25) is 5.88 Å². The van der Waals surface area contributed by atoms with E-state index in [4.69, 9.17) is 9.84 Å². The van der Waals surface area contributed by atoms with Gasteiger partial charge in [0.25, 0.3) is 5.92 Å².